The van der Waals surface area contributed by atoms with E-state index in [2.05, 4.69) is 20.7 Å². The van der Waals surface area contributed by atoms with Crippen LogP contribution >= 0.6 is 15.9 Å². The minimum Gasteiger partial charge on any atom is -0.469 e. The standard InChI is InChI=1S/C10H7BrN2O4/c1-17-10(14)4-6-3-9(13(15)16)7(5-12)2-8(6)11/h2-3H,4H2,1H3. The Labute approximate surface area is 105 Å². The van der Waals surface area contributed by atoms with Crippen LogP contribution in [0.5, 0.6) is 0 Å². The molecule has 0 bridgehead atoms. The molecular weight excluding hydrogens is 292 g/mol. The van der Waals surface area contributed by atoms with Gasteiger partial charge in [0.05, 0.1) is 18.5 Å². The van der Waals surface area contributed by atoms with Gasteiger partial charge >= 0.3 is 5.97 Å². The van der Waals surface area contributed by atoms with E-state index in [9.17, 15) is 14.9 Å². The zero-order chi connectivity index (χ0) is 13.0. The maximum atomic E-state index is 11.1. The molecule has 0 aliphatic heterocycles. The third-order valence-corrected chi connectivity index (χ3v) is 2.78. The van der Waals surface area contributed by atoms with Gasteiger partial charge in [0.25, 0.3) is 5.69 Å². The lowest BCUT2D eigenvalue weighted by molar-refractivity contribution is -0.385. The molecule has 0 aromatic heterocycles. The maximum absolute atomic E-state index is 11.1. The quantitative estimate of drug-likeness (QED) is 0.483. The van der Waals surface area contributed by atoms with E-state index in [1.165, 1.54) is 19.2 Å². The summed E-state index contributed by atoms with van der Waals surface area (Å²) in [5.41, 5.74) is 0.0210. The van der Waals surface area contributed by atoms with Crippen molar-refractivity contribution < 1.29 is 14.5 Å². The van der Waals surface area contributed by atoms with Crippen molar-refractivity contribution in [1.82, 2.24) is 0 Å². The van der Waals surface area contributed by atoms with Crippen molar-refractivity contribution in [2.75, 3.05) is 7.11 Å². The molecule has 0 aliphatic rings. The first-order valence-electron chi connectivity index (χ1n) is 4.43. The number of methoxy groups -OCH3 is 1. The van der Waals surface area contributed by atoms with Crippen LogP contribution in [0.15, 0.2) is 16.6 Å². The first kappa shape index (κ1) is 13.1. The Bertz CT molecular complexity index is 522. The van der Waals surface area contributed by atoms with Gasteiger partial charge in [-0.05, 0) is 11.6 Å². The number of nitriles is 1. The molecule has 0 saturated carbocycles. The third-order valence-electron chi connectivity index (χ3n) is 2.04. The number of ether oxygens (including phenoxy) is 1. The van der Waals surface area contributed by atoms with Crippen LogP contribution in [-0.4, -0.2) is 18.0 Å². The summed E-state index contributed by atoms with van der Waals surface area (Å²) in [5.74, 6) is -0.510. The van der Waals surface area contributed by atoms with Gasteiger partial charge in [-0.25, -0.2) is 0 Å². The van der Waals surface area contributed by atoms with Crippen molar-refractivity contribution in [3.63, 3.8) is 0 Å². The minimum absolute atomic E-state index is 0.0597. The van der Waals surface area contributed by atoms with Gasteiger partial charge in [-0.15, -0.1) is 0 Å². The molecule has 88 valence electrons. The summed E-state index contributed by atoms with van der Waals surface area (Å²) >= 11 is 3.15. The third kappa shape index (κ3) is 3.01. The van der Waals surface area contributed by atoms with Crippen molar-refractivity contribution in [2.24, 2.45) is 0 Å². The fourth-order valence-electron chi connectivity index (χ4n) is 1.21. The molecule has 0 spiro atoms. The van der Waals surface area contributed by atoms with E-state index in [-0.39, 0.29) is 17.7 Å². The topological polar surface area (TPSA) is 93.2 Å². The van der Waals surface area contributed by atoms with Gasteiger partial charge in [-0.2, -0.15) is 5.26 Å². The van der Waals surface area contributed by atoms with Gasteiger partial charge < -0.3 is 4.74 Å². The van der Waals surface area contributed by atoms with E-state index in [1.807, 2.05) is 0 Å². The van der Waals surface area contributed by atoms with Crippen LogP contribution in [0.25, 0.3) is 0 Å². The molecule has 0 aliphatic carbocycles. The van der Waals surface area contributed by atoms with Crippen molar-refractivity contribution in [3.05, 3.63) is 37.8 Å². The zero-order valence-electron chi connectivity index (χ0n) is 8.77. The number of rotatable bonds is 3. The zero-order valence-corrected chi connectivity index (χ0v) is 10.4. The van der Waals surface area contributed by atoms with E-state index < -0.39 is 10.9 Å². The number of carbonyl (C=O) groups is 1. The summed E-state index contributed by atoms with van der Waals surface area (Å²) < 4.78 is 4.93. The normalized spacial score (nSPS) is 9.47. The van der Waals surface area contributed by atoms with Crippen LogP contribution in [0.4, 0.5) is 5.69 Å². The maximum Gasteiger partial charge on any atom is 0.310 e. The number of benzene rings is 1. The van der Waals surface area contributed by atoms with Crippen LogP contribution in [0.1, 0.15) is 11.1 Å². The highest BCUT2D eigenvalue weighted by Gasteiger charge is 2.18. The molecule has 0 fully saturated rings. The lowest BCUT2D eigenvalue weighted by Gasteiger charge is -2.04. The summed E-state index contributed by atoms with van der Waals surface area (Å²) in [6, 6.07) is 4.23. The molecular formula is C10H7BrN2O4. The molecule has 0 amide bonds. The van der Waals surface area contributed by atoms with E-state index in [1.54, 1.807) is 6.07 Å². The summed E-state index contributed by atoms with van der Waals surface area (Å²) in [4.78, 5) is 21.2. The van der Waals surface area contributed by atoms with Crippen molar-refractivity contribution in [3.8, 4) is 6.07 Å². The van der Waals surface area contributed by atoms with Crippen molar-refractivity contribution in [2.45, 2.75) is 6.42 Å². The number of hydrogen-bond acceptors (Lipinski definition) is 5. The predicted octanol–water partition coefficient (Wildman–Crippen LogP) is 1.94. The van der Waals surface area contributed by atoms with E-state index in [0.717, 1.165) is 0 Å². The smallest absolute Gasteiger partial charge is 0.310 e. The number of hydrogen-bond donors (Lipinski definition) is 0. The number of nitro benzene ring substituents is 1. The number of nitrogens with zero attached hydrogens (tertiary/aromatic N) is 2. The van der Waals surface area contributed by atoms with Gasteiger partial charge in [0.2, 0.25) is 0 Å². The Morgan fingerprint density at radius 1 is 1.65 bits per heavy atom. The Balaban J connectivity index is 3.25. The van der Waals surface area contributed by atoms with Crippen LogP contribution in [-0.2, 0) is 16.0 Å². The molecule has 1 aromatic rings. The number of esters is 1. The van der Waals surface area contributed by atoms with Gasteiger partial charge in [-0.3, -0.25) is 14.9 Å². The molecule has 0 N–H and O–H groups in total. The van der Waals surface area contributed by atoms with E-state index >= 15 is 0 Å². The van der Waals surface area contributed by atoms with Crippen LogP contribution in [0.2, 0.25) is 0 Å². The van der Waals surface area contributed by atoms with E-state index in [4.69, 9.17) is 5.26 Å². The van der Waals surface area contributed by atoms with Crippen LogP contribution < -0.4 is 0 Å². The van der Waals surface area contributed by atoms with Gasteiger partial charge in [-0.1, -0.05) is 15.9 Å². The lowest BCUT2D eigenvalue weighted by atomic mass is 10.1. The fourth-order valence-corrected chi connectivity index (χ4v) is 1.69. The molecule has 7 heteroatoms. The van der Waals surface area contributed by atoms with Crippen LogP contribution in [0, 0.1) is 21.4 Å². The molecule has 17 heavy (non-hydrogen) atoms. The lowest BCUT2D eigenvalue weighted by Crippen LogP contribution is -2.06. The molecule has 6 nitrogen and oxygen atoms in total. The molecule has 1 aromatic carbocycles. The SMILES string of the molecule is COC(=O)Cc1cc([N+](=O)[O-])c(C#N)cc1Br. The van der Waals surface area contributed by atoms with Crippen molar-refractivity contribution in [1.29, 1.82) is 5.26 Å². The molecule has 0 saturated heterocycles. The monoisotopic (exact) mass is 298 g/mol. The second kappa shape index (κ2) is 5.41. The minimum atomic E-state index is -0.661. The summed E-state index contributed by atoms with van der Waals surface area (Å²) in [6.45, 7) is 0. The second-order valence-corrected chi connectivity index (χ2v) is 3.94. The summed E-state index contributed by atoms with van der Waals surface area (Å²) in [7, 11) is 1.23. The second-order valence-electron chi connectivity index (χ2n) is 3.08. The summed E-state index contributed by atoms with van der Waals surface area (Å²) in [5, 5.41) is 19.5. The number of halogens is 1. The molecule has 0 radical (unpaired) electrons. The van der Waals surface area contributed by atoms with Crippen molar-refractivity contribution >= 4 is 27.6 Å². The average Bonchev–Trinajstić information content (AvgIpc) is 2.30. The highest BCUT2D eigenvalue weighted by Crippen LogP contribution is 2.27. The Morgan fingerprint density at radius 2 is 2.29 bits per heavy atom. The number of nitro groups is 1. The highest BCUT2D eigenvalue weighted by molar-refractivity contribution is 9.10. The first-order valence-corrected chi connectivity index (χ1v) is 5.22. The van der Waals surface area contributed by atoms with Gasteiger partial charge in [0, 0.05) is 10.5 Å². The first-order chi connectivity index (χ1) is 7.99. The molecule has 0 heterocycles. The largest absolute Gasteiger partial charge is 0.469 e. The Morgan fingerprint density at radius 3 is 2.76 bits per heavy atom. The van der Waals surface area contributed by atoms with Gasteiger partial charge in [0.15, 0.2) is 0 Å². The molecule has 0 atom stereocenters. The van der Waals surface area contributed by atoms with Crippen LogP contribution in [0.3, 0.4) is 0 Å². The fraction of sp³-hybridized carbons (Fsp3) is 0.200. The number of carbonyl (C=O) groups excluding carboxylic acids is 1. The Hall–Kier alpha value is -1.94. The van der Waals surface area contributed by atoms with E-state index in [0.29, 0.717) is 10.0 Å². The molecule has 0 unspecified atom stereocenters. The summed E-state index contributed by atoms with van der Waals surface area (Å²) in [6.07, 6.45) is -0.0936. The predicted molar refractivity (Wildman–Crippen MR) is 61.2 cm³/mol. The Kier molecular flexibility index (Phi) is 4.17. The molecule has 1 rings (SSSR count). The van der Waals surface area contributed by atoms with Gasteiger partial charge in [0.1, 0.15) is 11.6 Å². The highest BCUT2D eigenvalue weighted by atomic mass is 79.9. The average molecular weight is 299 g/mol.